The average molecular weight is 263 g/mol. The van der Waals surface area contributed by atoms with Crippen LogP contribution in [0, 0.1) is 0 Å². The molecular formula is C15H25N3O. The Morgan fingerprint density at radius 1 is 1.47 bits per heavy atom. The van der Waals surface area contributed by atoms with Crippen molar-refractivity contribution in [3.63, 3.8) is 0 Å². The number of anilines is 1. The van der Waals surface area contributed by atoms with Crippen LogP contribution in [0.2, 0.25) is 0 Å². The van der Waals surface area contributed by atoms with E-state index >= 15 is 0 Å². The molecule has 1 aliphatic rings. The number of rotatable bonds is 5. The highest BCUT2D eigenvalue weighted by Gasteiger charge is 2.25. The maximum atomic E-state index is 5.70. The largest absolute Gasteiger partial charge is 0.375 e. The van der Waals surface area contributed by atoms with Crippen LogP contribution in [0.15, 0.2) is 18.5 Å². The minimum Gasteiger partial charge on any atom is -0.375 e. The maximum absolute atomic E-state index is 5.70. The quantitative estimate of drug-likeness (QED) is 0.826. The van der Waals surface area contributed by atoms with Gasteiger partial charge in [-0.1, -0.05) is 6.92 Å². The van der Waals surface area contributed by atoms with Gasteiger partial charge in [-0.15, -0.1) is 0 Å². The van der Waals surface area contributed by atoms with E-state index in [4.69, 9.17) is 4.74 Å². The molecule has 2 atom stereocenters. The van der Waals surface area contributed by atoms with Crippen molar-refractivity contribution in [2.75, 3.05) is 24.6 Å². The van der Waals surface area contributed by atoms with E-state index in [1.165, 1.54) is 11.3 Å². The van der Waals surface area contributed by atoms with Crippen LogP contribution in [0.4, 0.5) is 5.69 Å². The van der Waals surface area contributed by atoms with Crippen molar-refractivity contribution in [1.29, 1.82) is 0 Å². The minimum absolute atomic E-state index is 0.285. The maximum Gasteiger partial charge on any atom is 0.0723 e. The molecule has 0 bridgehead atoms. The number of hydrogen-bond donors (Lipinski definition) is 1. The Kier molecular flexibility index (Phi) is 5.16. The van der Waals surface area contributed by atoms with Crippen LogP contribution in [0.25, 0.3) is 0 Å². The lowest BCUT2D eigenvalue weighted by Crippen LogP contribution is -2.48. The first kappa shape index (κ1) is 14.3. The van der Waals surface area contributed by atoms with Gasteiger partial charge in [-0.25, -0.2) is 0 Å². The average Bonchev–Trinajstić information content (AvgIpc) is 2.42. The van der Waals surface area contributed by atoms with Crippen LogP contribution in [0.1, 0.15) is 32.8 Å². The van der Waals surface area contributed by atoms with Crippen molar-refractivity contribution >= 4 is 5.69 Å². The number of morpholine rings is 1. The predicted molar refractivity (Wildman–Crippen MR) is 78.5 cm³/mol. The van der Waals surface area contributed by atoms with E-state index in [1.54, 1.807) is 0 Å². The highest BCUT2D eigenvalue weighted by molar-refractivity contribution is 5.53. The summed E-state index contributed by atoms with van der Waals surface area (Å²) in [4.78, 5) is 6.72. The number of ether oxygens (including phenoxy) is 1. The molecule has 0 aliphatic carbocycles. The molecule has 0 spiro atoms. The second-order valence-electron chi connectivity index (χ2n) is 5.33. The third-order valence-corrected chi connectivity index (χ3v) is 3.55. The molecule has 1 fully saturated rings. The Morgan fingerprint density at radius 2 is 2.32 bits per heavy atom. The fraction of sp³-hybridized carbons (Fsp3) is 0.667. The standard InChI is InChI=1S/C15H25N3O/c1-4-6-16-8-14-5-7-17-9-15(14)18-10-13(3)19-11-12(18)2/h5,7,9,12-13,16H,4,6,8,10-11H2,1-3H3. The number of nitrogens with zero attached hydrogens (tertiary/aromatic N) is 2. The SMILES string of the molecule is CCCNCc1ccncc1N1CC(C)OCC1C. The van der Waals surface area contributed by atoms with Gasteiger partial charge >= 0.3 is 0 Å². The Bertz CT molecular complexity index is 397. The van der Waals surface area contributed by atoms with Gasteiger partial charge in [0.15, 0.2) is 0 Å². The van der Waals surface area contributed by atoms with Crippen LogP contribution in [0.5, 0.6) is 0 Å². The lowest BCUT2D eigenvalue weighted by Gasteiger charge is -2.39. The minimum atomic E-state index is 0.285. The summed E-state index contributed by atoms with van der Waals surface area (Å²) in [6.45, 7) is 10.2. The molecule has 4 heteroatoms. The molecule has 1 saturated heterocycles. The van der Waals surface area contributed by atoms with Gasteiger partial charge in [-0.05, 0) is 38.4 Å². The highest BCUT2D eigenvalue weighted by atomic mass is 16.5. The van der Waals surface area contributed by atoms with Gasteiger partial charge in [0.1, 0.15) is 0 Å². The summed E-state index contributed by atoms with van der Waals surface area (Å²) in [5.41, 5.74) is 2.57. The summed E-state index contributed by atoms with van der Waals surface area (Å²) in [6.07, 6.45) is 5.30. The van der Waals surface area contributed by atoms with Gasteiger partial charge in [0, 0.05) is 25.3 Å². The molecule has 1 N–H and O–H groups in total. The molecule has 106 valence electrons. The molecule has 0 radical (unpaired) electrons. The zero-order valence-electron chi connectivity index (χ0n) is 12.2. The van der Waals surface area contributed by atoms with Gasteiger partial charge in [-0.3, -0.25) is 4.98 Å². The van der Waals surface area contributed by atoms with Gasteiger partial charge in [-0.2, -0.15) is 0 Å². The smallest absolute Gasteiger partial charge is 0.0723 e. The zero-order chi connectivity index (χ0) is 13.7. The van der Waals surface area contributed by atoms with E-state index in [1.807, 2.05) is 12.4 Å². The summed E-state index contributed by atoms with van der Waals surface area (Å²) in [5, 5.41) is 3.47. The van der Waals surface area contributed by atoms with Crippen LogP contribution < -0.4 is 10.2 Å². The number of pyridine rings is 1. The van der Waals surface area contributed by atoms with Crippen molar-refractivity contribution in [3.05, 3.63) is 24.0 Å². The van der Waals surface area contributed by atoms with Crippen LogP contribution in [-0.4, -0.2) is 36.8 Å². The molecule has 19 heavy (non-hydrogen) atoms. The van der Waals surface area contributed by atoms with Crippen molar-refractivity contribution in [1.82, 2.24) is 10.3 Å². The molecule has 2 unspecified atom stereocenters. The topological polar surface area (TPSA) is 37.4 Å². The van der Waals surface area contributed by atoms with Crippen molar-refractivity contribution in [2.45, 2.75) is 45.9 Å². The van der Waals surface area contributed by atoms with Gasteiger partial charge in [0.05, 0.1) is 24.6 Å². The molecule has 1 aromatic rings. The Hall–Kier alpha value is -1.13. The molecule has 1 aromatic heterocycles. The van der Waals surface area contributed by atoms with E-state index < -0.39 is 0 Å². The van der Waals surface area contributed by atoms with Gasteiger partial charge < -0.3 is 15.0 Å². The lowest BCUT2D eigenvalue weighted by atomic mass is 10.1. The van der Waals surface area contributed by atoms with E-state index in [-0.39, 0.29) is 6.10 Å². The molecule has 1 aliphatic heterocycles. The summed E-state index contributed by atoms with van der Waals surface area (Å²) in [6, 6.07) is 2.52. The van der Waals surface area contributed by atoms with E-state index in [9.17, 15) is 0 Å². The second kappa shape index (κ2) is 6.87. The van der Waals surface area contributed by atoms with Gasteiger partial charge in [0.25, 0.3) is 0 Å². The highest BCUT2D eigenvalue weighted by Crippen LogP contribution is 2.24. The van der Waals surface area contributed by atoms with Crippen molar-refractivity contribution in [3.8, 4) is 0 Å². The monoisotopic (exact) mass is 263 g/mol. The van der Waals surface area contributed by atoms with Crippen LogP contribution >= 0.6 is 0 Å². The van der Waals surface area contributed by atoms with Crippen molar-refractivity contribution < 1.29 is 4.74 Å². The molecule has 0 saturated carbocycles. The number of aromatic nitrogens is 1. The Balaban J connectivity index is 2.13. The van der Waals surface area contributed by atoms with E-state index in [0.717, 1.165) is 32.7 Å². The molecule has 2 rings (SSSR count). The summed E-state index contributed by atoms with van der Waals surface area (Å²) >= 11 is 0. The lowest BCUT2D eigenvalue weighted by molar-refractivity contribution is 0.0343. The molecule has 0 amide bonds. The fourth-order valence-corrected chi connectivity index (χ4v) is 2.46. The Labute approximate surface area is 116 Å². The number of nitrogens with one attached hydrogen (secondary N) is 1. The van der Waals surface area contributed by atoms with Crippen LogP contribution in [0.3, 0.4) is 0 Å². The van der Waals surface area contributed by atoms with Gasteiger partial charge in [0.2, 0.25) is 0 Å². The molecular weight excluding hydrogens is 238 g/mol. The normalized spacial score (nSPS) is 23.6. The summed E-state index contributed by atoms with van der Waals surface area (Å²) in [5.74, 6) is 0. The second-order valence-corrected chi connectivity index (χ2v) is 5.33. The first-order chi connectivity index (χ1) is 9.22. The zero-order valence-corrected chi connectivity index (χ0v) is 12.2. The van der Waals surface area contributed by atoms with E-state index in [0.29, 0.717) is 6.04 Å². The first-order valence-corrected chi connectivity index (χ1v) is 7.24. The fourth-order valence-electron chi connectivity index (χ4n) is 2.46. The first-order valence-electron chi connectivity index (χ1n) is 7.24. The molecule has 0 aromatic carbocycles. The number of hydrogen-bond acceptors (Lipinski definition) is 4. The third kappa shape index (κ3) is 3.67. The predicted octanol–water partition coefficient (Wildman–Crippen LogP) is 2.19. The van der Waals surface area contributed by atoms with E-state index in [2.05, 4.69) is 42.0 Å². The molecule has 2 heterocycles. The van der Waals surface area contributed by atoms with Crippen LogP contribution in [-0.2, 0) is 11.3 Å². The van der Waals surface area contributed by atoms with Crippen molar-refractivity contribution in [2.24, 2.45) is 0 Å². The Morgan fingerprint density at radius 3 is 3.11 bits per heavy atom. The summed E-state index contributed by atoms with van der Waals surface area (Å²) in [7, 11) is 0. The third-order valence-electron chi connectivity index (χ3n) is 3.55. The summed E-state index contributed by atoms with van der Waals surface area (Å²) < 4.78 is 5.70. The molecule has 4 nitrogen and oxygen atoms in total.